The van der Waals surface area contributed by atoms with E-state index in [2.05, 4.69) is 12.2 Å². The Morgan fingerprint density at radius 2 is 1.95 bits per heavy atom. The lowest BCUT2D eigenvalue weighted by atomic mass is 10.3. The van der Waals surface area contributed by atoms with Crippen LogP contribution in [0.15, 0.2) is 0 Å². The van der Waals surface area contributed by atoms with Crippen LogP contribution in [0, 0.1) is 0 Å². The molecule has 1 amide bonds. The van der Waals surface area contributed by atoms with Gasteiger partial charge < -0.3 is 24.8 Å². The lowest BCUT2D eigenvalue weighted by Crippen LogP contribution is -2.33. The molecule has 0 aromatic rings. The number of hydrogen-bond acceptors (Lipinski definition) is 5. The van der Waals surface area contributed by atoms with E-state index in [0.717, 1.165) is 19.4 Å². The van der Waals surface area contributed by atoms with Gasteiger partial charge in [-0.2, -0.15) is 0 Å². The number of unbranched alkanes of at least 4 members (excludes halogenated alkanes) is 1. The summed E-state index contributed by atoms with van der Waals surface area (Å²) in [4.78, 5) is 12.8. The van der Waals surface area contributed by atoms with Crippen molar-refractivity contribution in [3.8, 4) is 0 Å². The number of nitrogens with zero attached hydrogens (tertiary/aromatic N) is 1. The Labute approximate surface area is 122 Å². The van der Waals surface area contributed by atoms with E-state index >= 15 is 0 Å². The summed E-state index contributed by atoms with van der Waals surface area (Å²) in [6.45, 7) is 5.23. The van der Waals surface area contributed by atoms with E-state index in [9.17, 15) is 9.90 Å². The Bertz CT molecular complexity index is 237. The zero-order valence-electron chi connectivity index (χ0n) is 13.1. The van der Waals surface area contributed by atoms with Gasteiger partial charge in [0, 0.05) is 40.2 Å². The van der Waals surface area contributed by atoms with Crippen molar-refractivity contribution in [2.75, 3.05) is 53.6 Å². The molecule has 1 unspecified atom stereocenters. The molecule has 0 saturated heterocycles. The average molecular weight is 290 g/mol. The molecule has 2 N–H and O–H groups in total. The van der Waals surface area contributed by atoms with Crippen LogP contribution in [0.3, 0.4) is 0 Å². The van der Waals surface area contributed by atoms with Gasteiger partial charge in [-0.05, 0) is 6.42 Å². The number of carbonyl (C=O) groups excluding carboxylic acids is 1. The number of ether oxygens (including phenoxy) is 2. The quantitative estimate of drug-likeness (QED) is 0.476. The fourth-order valence-corrected chi connectivity index (χ4v) is 1.43. The monoisotopic (exact) mass is 290 g/mol. The van der Waals surface area contributed by atoms with Gasteiger partial charge >= 0.3 is 0 Å². The molecule has 0 aromatic carbocycles. The molecule has 0 fully saturated rings. The average Bonchev–Trinajstić information content (AvgIpc) is 2.42. The molecule has 6 heteroatoms. The molecule has 0 aliphatic heterocycles. The van der Waals surface area contributed by atoms with Gasteiger partial charge in [-0.25, -0.2) is 0 Å². The maximum atomic E-state index is 11.3. The van der Waals surface area contributed by atoms with Crippen LogP contribution in [-0.2, 0) is 14.3 Å². The maximum Gasteiger partial charge on any atom is 0.223 e. The van der Waals surface area contributed by atoms with Crippen LogP contribution in [0.2, 0.25) is 0 Å². The molecule has 0 heterocycles. The Morgan fingerprint density at radius 1 is 1.25 bits per heavy atom. The first-order valence-corrected chi connectivity index (χ1v) is 7.32. The molecular formula is C14H30N2O4. The summed E-state index contributed by atoms with van der Waals surface area (Å²) >= 11 is 0. The highest BCUT2D eigenvalue weighted by Gasteiger charge is 2.06. The highest BCUT2D eigenvalue weighted by atomic mass is 16.5. The molecule has 20 heavy (non-hydrogen) atoms. The number of rotatable bonds is 13. The number of hydrogen-bond donors (Lipinski definition) is 2. The number of nitrogens with one attached hydrogen (secondary N) is 1. The topological polar surface area (TPSA) is 71.0 Å². The first-order chi connectivity index (χ1) is 9.57. The van der Waals surface area contributed by atoms with Crippen LogP contribution in [-0.4, -0.2) is 75.6 Å². The smallest absolute Gasteiger partial charge is 0.223 e. The first kappa shape index (κ1) is 19.3. The van der Waals surface area contributed by atoms with Crippen molar-refractivity contribution in [1.82, 2.24) is 10.2 Å². The number of aliphatic hydroxyl groups excluding tert-OH is 1. The summed E-state index contributed by atoms with van der Waals surface area (Å²) in [6, 6.07) is 0. The molecule has 120 valence electrons. The minimum Gasteiger partial charge on any atom is -0.389 e. The largest absolute Gasteiger partial charge is 0.389 e. The highest BCUT2D eigenvalue weighted by molar-refractivity contribution is 5.75. The second kappa shape index (κ2) is 13.3. The Morgan fingerprint density at radius 3 is 2.60 bits per heavy atom. The van der Waals surface area contributed by atoms with Gasteiger partial charge in [-0.15, -0.1) is 0 Å². The standard InChI is InChI=1S/C14H30N2O4/c1-4-5-8-19-9-10-20-12-13(17)11-15-7-6-14(18)16(2)3/h13,15,17H,4-12H2,1-3H3. The van der Waals surface area contributed by atoms with E-state index in [1.165, 1.54) is 0 Å². The second-order valence-corrected chi connectivity index (χ2v) is 4.94. The Kier molecular flexibility index (Phi) is 12.8. The zero-order chi connectivity index (χ0) is 15.2. The van der Waals surface area contributed by atoms with Gasteiger partial charge in [0.2, 0.25) is 5.91 Å². The predicted molar refractivity (Wildman–Crippen MR) is 78.7 cm³/mol. The molecule has 0 spiro atoms. The molecule has 0 radical (unpaired) electrons. The van der Waals surface area contributed by atoms with Gasteiger partial charge in [-0.1, -0.05) is 13.3 Å². The highest BCUT2D eigenvalue weighted by Crippen LogP contribution is 1.90. The first-order valence-electron chi connectivity index (χ1n) is 7.32. The van der Waals surface area contributed by atoms with E-state index in [1.807, 2.05) is 0 Å². The van der Waals surface area contributed by atoms with Crippen LogP contribution < -0.4 is 5.32 Å². The molecule has 0 saturated carbocycles. The van der Waals surface area contributed by atoms with Crippen LogP contribution in [0.5, 0.6) is 0 Å². The van der Waals surface area contributed by atoms with E-state index in [0.29, 0.717) is 32.7 Å². The van der Waals surface area contributed by atoms with Crippen molar-refractivity contribution < 1.29 is 19.4 Å². The van der Waals surface area contributed by atoms with Crippen LogP contribution >= 0.6 is 0 Å². The van der Waals surface area contributed by atoms with Crippen molar-refractivity contribution >= 4 is 5.91 Å². The summed E-state index contributed by atoms with van der Waals surface area (Å²) < 4.78 is 10.6. The number of aliphatic hydroxyl groups is 1. The molecule has 0 bridgehead atoms. The lowest BCUT2D eigenvalue weighted by molar-refractivity contribution is -0.128. The van der Waals surface area contributed by atoms with Crippen molar-refractivity contribution in [1.29, 1.82) is 0 Å². The molecular weight excluding hydrogens is 260 g/mol. The zero-order valence-corrected chi connectivity index (χ0v) is 13.1. The van der Waals surface area contributed by atoms with Crippen molar-refractivity contribution in [3.05, 3.63) is 0 Å². The van der Waals surface area contributed by atoms with Gasteiger partial charge in [0.1, 0.15) is 0 Å². The summed E-state index contributed by atoms with van der Waals surface area (Å²) in [6.07, 6.45) is 2.08. The van der Waals surface area contributed by atoms with Crippen LogP contribution in [0.4, 0.5) is 0 Å². The SMILES string of the molecule is CCCCOCCOCC(O)CNCCC(=O)N(C)C. The van der Waals surface area contributed by atoms with E-state index in [1.54, 1.807) is 19.0 Å². The third-order valence-corrected chi connectivity index (χ3v) is 2.72. The normalized spacial score (nSPS) is 12.4. The summed E-state index contributed by atoms with van der Waals surface area (Å²) in [5.41, 5.74) is 0. The molecule has 6 nitrogen and oxygen atoms in total. The number of carbonyl (C=O) groups is 1. The Balaban J connectivity index is 3.28. The van der Waals surface area contributed by atoms with E-state index in [-0.39, 0.29) is 12.5 Å². The van der Waals surface area contributed by atoms with Crippen LogP contribution in [0.1, 0.15) is 26.2 Å². The van der Waals surface area contributed by atoms with Gasteiger partial charge in [0.05, 0.1) is 25.9 Å². The lowest BCUT2D eigenvalue weighted by Gasteiger charge is -2.13. The molecule has 0 aromatic heterocycles. The fraction of sp³-hybridized carbons (Fsp3) is 0.929. The van der Waals surface area contributed by atoms with E-state index in [4.69, 9.17) is 9.47 Å². The predicted octanol–water partition coefficient (Wildman–Crippen LogP) is 0.249. The minimum absolute atomic E-state index is 0.0764. The molecule has 0 aliphatic carbocycles. The van der Waals surface area contributed by atoms with Crippen molar-refractivity contribution in [2.24, 2.45) is 0 Å². The van der Waals surface area contributed by atoms with E-state index < -0.39 is 6.10 Å². The minimum atomic E-state index is -0.555. The van der Waals surface area contributed by atoms with Gasteiger partial charge in [0.25, 0.3) is 0 Å². The molecule has 0 rings (SSSR count). The molecule has 1 atom stereocenters. The van der Waals surface area contributed by atoms with Gasteiger partial charge in [-0.3, -0.25) is 4.79 Å². The van der Waals surface area contributed by atoms with Gasteiger partial charge in [0.15, 0.2) is 0 Å². The molecule has 0 aliphatic rings. The maximum absolute atomic E-state index is 11.3. The number of amides is 1. The third kappa shape index (κ3) is 12.3. The fourth-order valence-electron chi connectivity index (χ4n) is 1.43. The third-order valence-electron chi connectivity index (χ3n) is 2.72. The Hall–Kier alpha value is -0.690. The summed E-state index contributed by atoms with van der Waals surface area (Å²) in [7, 11) is 3.46. The summed E-state index contributed by atoms with van der Waals surface area (Å²) in [5, 5.41) is 12.7. The van der Waals surface area contributed by atoms with Crippen molar-refractivity contribution in [3.63, 3.8) is 0 Å². The summed E-state index contributed by atoms with van der Waals surface area (Å²) in [5.74, 6) is 0.0764. The van der Waals surface area contributed by atoms with Crippen LogP contribution in [0.25, 0.3) is 0 Å². The van der Waals surface area contributed by atoms with Crippen molar-refractivity contribution in [2.45, 2.75) is 32.3 Å². The second-order valence-electron chi connectivity index (χ2n) is 4.94.